The maximum Gasteiger partial charge on any atom is 0.262 e. The first-order valence-corrected chi connectivity index (χ1v) is 9.36. The number of benzene rings is 3. The maximum absolute atomic E-state index is 13.5. The minimum atomic E-state index is -2.20. The number of anilines is 1. The van der Waals surface area contributed by atoms with Crippen LogP contribution in [0.2, 0.25) is 10.0 Å². The molecule has 6 heteroatoms. The third-order valence-electron chi connectivity index (χ3n) is 4.94. The Labute approximate surface area is 171 Å². The van der Waals surface area contributed by atoms with Gasteiger partial charge in [-0.15, -0.1) is 0 Å². The number of rotatable bonds is 4. The van der Waals surface area contributed by atoms with Crippen molar-refractivity contribution in [1.82, 2.24) is 0 Å². The highest BCUT2D eigenvalue weighted by molar-refractivity contribution is 6.38. The highest BCUT2D eigenvalue weighted by Crippen LogP contribution is 2.51. The lowest BCUT2D eigenvalue weighted by atomic mass is 9.74. The van der Waals surface area contributed by atoms with E-state index in [4.69, 9.17) is 23.2 Å². The smallest absolute Gasteiger partial charge is 0.262 e. The van der Waals surface area contributed by atoms with Gasteiger partial charge in [0.25, 0.3) is 5.91 Å². The number of carbonyl (C=O) groups excluding carboxylic acids is 2. The number of fused-ring (bicyclic) bond motifs is 1. The summed E-state index contributed by atoms with van der Waals surface area (Å²) in [5, 5.41) is 14.7. The Morgan fingerprint density at radius 3 is 2.11 bits per heavy atom. The number of hydrogen-bond acceptors (Lipinski definition) is 3. The van der Waals surface area contributed by atoms with Gasteiger partial charge in [-0.3, -0.25) is 9.59 Å². The second-order valence-corrected chi connectivity index (χ2v) is 7.39. The molecule has 1 heterocycles. The topological polar surface area (TPSA) is 66.4 Å². The third kappa shape index (κ3) is 2.81. The van der Waals surface area contributed by atoms with Crippen LogP contribution in [0.15, 0.2) is 72.8 Å². The summed E-state index contributed by atoms with van der Waals surface area (Å²) in [7, 11) is 0. The van der Waals surface area contributed by atoms with Crippen molar-refractivity contribution in [1.29, 1.82) is 0 Å². The molecule has 0 bridgehead atoms. The van der Waals surface area contributed by atoms with Gasteiger partial charge in [-0.05, 0) is 17.7 Å². The van der Waals surface area contributed by atoms with E-state index >= 15 is 0 Å². The fourth-order valence-electron chi connectivity index (χ4n) is 3.64. The SMILES string of the molecule is O=C(c1ccccc1)[C@H](c1ccccc1)[C@]1(O)C(=O)Nc2c(Cl)ccc(Cl)c21. The van der Waals surface area contributed by atoms with Gasteiger partial charge in [0.05, 0.1) is 16.6 Å². The number of Topliss-reactive ketones (excluding diaryl/α,β-unsaturated/α-hetero) is 1. The van der Waals surface area contributed by atoms with E-state index in [1.165, 1.54) is 12.1 Å². The van der Waals surface area contributed by atoms with Gasteiger partial charge in [-0.1, -0.05) is 83.9 Å². The number of halogens is 2. The molecule has 4 nitrogen and oxygen atoms in total. The molecule has 1 aliphatic heterocycles. The standard InChI is InChI=1S/C22H15Cl2NO3/c23-15-11-12-16(24)19-18(15)22(28,21(27)25-19)17(13-7-3-1-4-8-13)20(26)14-9-5-2-6-10-14/h1-12,17,28H,(H,25,27)/t17-,22+/m0/s1. The molecule has 0 saturated carbocycles. The molecule has 0 aromatic heterocycles. The molecule has 1 amide bonds. The van der Waals surface area contributed by atoms with Gasteiger partial charge in [-0.25, -0.2) is 0 Å². The van der Waals surface area contributed by atoms with Gasteiger partial charge in [0.2, 0.25) is 0 Å². The Morgan fingerprint density at radius 2 is 1.46 bits per heavy atom. The van der Waals surface area contributed by atoms with Crippen LogP contribution in [-0.4, -0.2) is 16.8 Å². The van der Waals surface area contributed by atoms with Crippen LogP contribution in [0.1, 0.15) is 27.4 Å². The van der Waals surface area contributed by atoms with E-state index in [1.54, 1.807) is 60.7 Å². The van der Waals surface area contributed by atoms with E-state index in [0.717, 1.165) is 0 Å². The highest BCUT2D eigenvalue weighted by Gasteiger charge is 2.56. The fourth-order valence-corrected chi connectivity index (χ4v) is 4.15. The zero-order valence-electron chi connectivity index (χ0n) is 14.5. The third-order valence-corrected chi connectivity index (χ3v) is 5.57. The van der Waals surface area contributed by atoms with Crippen LogP contribution in [0.5, 0.6) is 0 Å². The van der Waals surface area contributed by atoms with Crippen molar-refractivity contribution in [3.8, 4) is 0 Å². The van der Waals surface area contributed by atoms with Crippen molar-refractivity contribution in [2.75, 3.05) is 5.32 Å². The summed E-state index contributed by atoms with van der Waals surface area (Å²) in [6.07, 6.45) is 0. The minimum Gasteiger partial charge on any atom is -0.374 e. The predicted octanol–water partition coefficient (Wildman–Crippen LogP) is 4.80. The highest BCUT2D eigenvalue weighted by atomic mass is 35.5. The number of ketones is 1. The second-order valence-electron chi connectivity index (χ2n) is 6.57. The Hall–Kier alpha value is -2.66. The lowest BCUT2D eigenvalue weighted by Crippen LogP contribution is -2.44. The molecule has 0 fully saturated rings. The first kappa shape index (κ1) is 18.7. The number of hydrogen-bond donors (Lipinski definition) is 2. The number of carbonyl (C=O) groups is 2. The molecule has 0 unspecified atom stereocenters. The monoisotopic (exact) mass is 411 g/mol. The molecule has 140 valence electrons. The summed E-state index contributed by atoms with van der Waals surface area (Å²) >= 11 is 12.6. The summed E-state index contributed by atoms with van der Waals surface area (Å²) in [5.41, 5.74) is -0.985. The summed E-state index contributed by atoms with van der Waals surface area (Å²) in [6, 6.07) is 20.3. The van der Waals surface area contributed by atoms with E-state index < -0.39 is 23.2 Å². The Balaban J connectivity index is 1.97. The Morgan fingerprint density at radius 1 is 0.893 bits per heavy atom. The maximum atomic E-state index is 13.5. The Kier molecular flexibility index (Phi) is 4.71. The number of nitrogens with one attached hydrogen (secondary N) is 1. The van der Waals surface area contributed by atoms with Crippen molar-refractivity contribution in [3.63, 3.8) is 0 Å². The molecular formula is C22H15Cl2NO3. The van der Waals surface area contributed by atoms with Crippen LogP contribution < -0.4 is 5.32 Å². The van der Waals surface area contributed by atoms with E-state index in [9.17, 15) is 14.7 Å². The lowest BCUT2D eigenvalue weighted by molar-refractivity contribution is -0.135. The van der Waals surface area contributed by atoms with Gasteiger partial charge in [0.1, 0.15) is 0 Å². The normalized spacial score (nSPS) is 19.0. The largest absolute Gasteiger partial charge is 0.374 e. The first-order chi connectivity index (χ1) is 13.4. The van der Waals surface area contributed by atoms with Crippen molar-refractivity contribution in [2.45, 2.75) is 11.5 Å². The molecule has 0 spiro atoms. The van der Waals surface area contributed by atoms with E-state index in [2.05, 4.69) is 5.32 Å². The Bertz CT molecular complexity index is 1070. The van der Waals surface area contributed by atoms with E-state index in [1.807, 2.05) is 0 Å². The van der Waals surface area contributed by atoms with Crippen LogP contribution >= 0.6 is 23.2 Å². The van der Waals surface area contributed by atoms with Crippen molar-refractivity contribution in [2.24, 2.45) is 0 Å². The van der Waals surface area contributed by atoms with Crippen molar-refractivity contribution in [3.05, 3.63) is 99.5 Å². The van der Waals surface area contributed by atoms with Crippen LogP contribution in [-0.2, 0) is 10.4 Å². The lowest BCUT2D eigenvalue weighted by Gasteiger charge is -2.31. The quantitative estimate of drug-likeness (QED) is 0.605. The van der Waals surface area contributed by atoms with Gasteiger partial charge in [-0.2, -0.15) is 0 Å². The predicted molar refractivity (Wildman–Crippen MR) is 109 cm³/mol. The van der Waals surface area contributed by atoms with Crippen LogP contribution in [0.3, 0.4) is 0 Å². The molecule has 0 saturated heterocycles. The number of amides is 1. The molecule has 2 atom stereocenters. The van der Waals surface area contributed by atoms with E-state index in [-0.39, 0.29) is 21.3 Å². The molecule has 4 rings (SSSR count). The van der Waals surface area contributed by atoms with Crippen LogP contribution in [0, 0.1) is 0 Å². The summed E-state index contributed by atoms with van der Waals surface area (Å²) in [4.78, 5) is 26.5. The summed E-state index contributed by atoms with van der Waals surface area (Å²) in [5.74, 6) is -2.34. The molecule has 3 aromatic rings. The summed E-state index contributed by atoms with van der Waals surface area (Å²) < 4.78 is 0. The number of aliphatic hydroxyl groups is 1. The fraction of sp³-hybridized carbons (Fsp3) is 0.0909. The zero-order chi connectivity index (χ0) is 19.9. The molecule has 0 radical (unpaired) electrons. The van der Waals surface area contributed by atoms with Gasteiger partial charge in [0.15, 0.2) is 11.4 Å². The van der Waals surface area contributed by atoms with Crippen LogP contribution in [0.25, 0.3) is 0 Å². The molecule has 28 heavy (non-hydrogen) atoms. The minimum absolute atomic E-state index is 0.116. The average molecular weight is 412 g/mol. The zero-order valence-corrected chi connectivity index (χ0v) is 16.0. The van der Waals surface area contributed by atoms with Crippen LogP contribution in [0.4, 0.5) is 5.69 Å². The van der Waals surface area contributed by atoms with Gasteiger partial charge < -0.3 is 10.4 Å². The average Bonchev–Trinajstić information content (AvgIpc) is 2.99. The molecule has 1 aliphatic rings. The molecule has 0 aliphatic carbocycles. The van der Waals surface area contributed by atoms with Crippen molar-refractivity contribution >= 4 is 40.6 Å². The summed E-state index contributed by atoms with van der Waals surface area (Å²) in [6.45, 7) is 0. The van der Waals surface area contributed by atoms with Gasteiger partial charge >= 0.3 is 0 Å². The van der Waals surface area contributed by atoms with E-state index in [0.29, 0.717) is 11.1 Å². The second kappa shape index (κ2) is 7.06. The molecule has 3 aromatic carbocycles. The molecular weight excluding hydrogens is 397 g/mol. The molecule has 2 N–H and O–H groups in total. The van der Waals surface area contributed by atoms with Crippen molar-refractivity contribution < 1.29 is 14.7 Å². The van der Waals surface area contributed by atoms with Gasteiger partial charge in [0, 0.05) is 16.1 Å². The first-order valence-electron chi connectivity index (χ1n) is 8.61.